The lowest BCUT2D eigenvalue weighted by molar-refractivity contribution is -0.152. The minimum atomic E-state index is -0.840. The Kier molecular flexibility index (Phi) is 10.0. The molecule has 2 amide bonds. The van der Waals surface area contributed by atoms with Crippen LogP contribution in [0.3, 0.4) is 0 Å². The van der Waals surface area contributed by atoms with Gasteiger partial charge in [-0.25, -0.2) is 0 Å². The zero-order valence-electron chi connectivity index (χ0n) is 18.6. The number of carbonyl (C=O) groups excluding carboxylic acids is 5. The third-order valence-electron chi connectivity index (χ3n) is 4.28. The number of hydrogen-bond acceptors (Lipinski definition) is 9. The molecule has 0 spiro atoms. The van der Waals surface area contributed by atoms with Gasteiger partial charge in [-0.15, -0.1) is 0 Å². The molecular formula is C23H24N2O9. The monoisotopic (exact) mass is 472 g/mol. The molecule has 0 atom stereocenters. The number of nitrogens with one attached hydrogen (secondary N) is 2. The van der Waals surface area contributed by atoms with Gasteiger partial charge in [0.1, 0.15) is 24.6 Å². The van der Waals surface area contributed by atoms with Crippen molar-refractivity contribution in [2.75, 3.05) is 40.5 Å². The van der Waals surface area contributed by atoms with Gasteiger partial charge in [-0.1, -0.05) is 0 Å². The van der Waals surface area contributed by atoms with Gasteiger partial charge >= 0.3 is 11.9 Å². The second kappa shape index (κ2) is 13.2. The van der Waals surface area contributed by atoms with Crippen LogP contribution in [0.5, 0.6) is 11.5 Å². The fraction of sp³-hybridized carbons (Fsp3) is 0.261. The van der Waals surface area contributed by atoms with Gasteiger partial charge in [0.05, 0.1) is 14.2 Å². The molecule has 2 aromatic carbocycles. The average Bonchev–Trinajstić information content (AvgIpc) is 2.87. The largest absolute Gasteiger partial charge is 0.497 e. The molecule has 0 heterocycles. The Morgan fingerprint density at radius 2 is 0.971 bits per heavy atom. The number of carbonyl (C=O) groups is 5. The van der Waals surface area contributed by atoms with Gasteiger partial charge < -0.3 is 29.6 Å². The van der Waals surface area contributed by atoms with E-state index in [1.165, 1.54) is 38.5 Å². The maximum atomic E-state index is 12.0. The molecule has 2 N–H and O–H groups in total. The molecule has 0 unspecified atom stereocenters. The Morgan fingerprint density at radius 1 is 0.618 bits per heavy atom. The van der Waals surface area contributed by atoms with Crippen LogP contribution in [0.15, 0.2) is 48.5 Å². The highest BCUT2D eigenvalue weighted by molar-refractivity contribution is 5.97. The minimum Gasteiger partial charge on any atom is -0.497 e. The molecule has 0 aliphatic rings. The fourth-order valence-corrected chi connectivity index (χ4v) is 2.46. The number of amides is 2. The second-order valence-electron chi connectivity index (χ2n) is 6.68. The van der Waals surface area contributed by atoms with Gasteiger partial charge in [0.25, 0.3) is 11.8 Å². The van der Waals surface area contributed by atoms with E-state index in [-0.39, 0.29) is 0 Å². The number of ketones is 1. The van der Waals surface area contributed by atoms with E-state index in [1.54, 1.807) is 24.3 Å². The van der Waals surface area contributed by atoms with Crippen molar-refractivity contribution >= 4 is 29.5 Å². The average molecular weight is 472 g/mol. The van der Waals surface area contributed by atoms with Crippen molar-refractivity contribution in [3.63, 3.8) is 0 Å². The van der Waals surface area contributed by atoms with Crippen LogP contribution in [0, 0.1) is 0 Å². The van der Waals surface area contributed by atoms with Crippen molar-refractivity contribution in [3.05, 3.63) is 59.7 Å². The Hall–Kier alpha value is -4.41. The lowest BCUT2D eigenvalue weighted by atomic mass is 10.2. The number of esters is 2. The topological polar surface area (TPSA) is 146 Å². The Balaban J connectivity index is 1.61. The van der Waals surface area contributed by atoms with Gasteiger partial charge in [-0.3, -0.25) is 24.0 Å². The van der Waals surface area contributed by atoms with Gasteiger partial charge in [0.2, 0.25) is 5.78 Å². The number of methoxy groups -OCH3 is 2. The van der Waals surface area contributed by atoms with Crippen molar-refractivity contribution in [1.82, 2.24) is 10.6 Å². The Morgan fingerprint density at radius 3 is 1.29 bits per heavy atom. The van der Waals surface area contributed by atoms with Crippen LogP contribution in [0.4, 0.5) is 0 Å². The molecule has 2 aromatic rings. The summed E-state index contributed by atoms with van der Waals surface area (Å²) in [5, 5.41) is 4.72. The fourth-order valence-electron chi connectivity index (χ4n) is 2.46. The van der Waals surface area contributed by atoms with E-state index < -0.39 is 55.8 Å². The first-order valence-corrected chi connectivity index (χ1v) is 10.00. The van der Waals surface area contributed by atoms with Crippen molar-refractivity contribution in [3.8, 4) is 11.5 Å². The van der Waals surface area contributed by atoms with E-state index in [1.807, 2.05) is 0 Å². The second-order valence-corrected chi connectivity index (χ2v) is 6.68. The first kappa shape index (κ1) is 25.8. The van der Waals surface area contributed by atoms with E-state index in [4.69, 9.17) is 18.9 Å². The van der Waals surface area contributed by atoms with E-state index in [9.17, 15) is 24.0 Å². The molecule has 0 radical (unpaired) electrons. The summed E-state index contributed by atoms with van der Waals surface area (Å²) in [4.78, 5) is 59.1. The first-order chi connectivity index (χ1) is 16.3. The number of ether oxygens (including phenoxy) is 4. The molecule has 11 nitrogen and oxygen atoms in total. The van der Waals surface area contributed by atoms with Crippen LogP contribution < -0.4 is 20.1 Å². The maximum absolute atomic E-state index is 12.0. The standard InChI is InChI=1S/C23H24N2O9/c1-31-18-7-3-15(4-8-18)22(29)24-11-20(27)33-13-17(26)14-34-21(28)12-25-23(30)16-5-9-19(32-2)10-6-16/h3-10H,11-14H2,1-2H3,(H,24,29)(H,25,30). The third kappa shape index (κ3) is 8.61. The molecule has 11 heteroatoms. The molecule has 0 saturated carbocycles. The predicted molar refractivity (Wildman–Crippen MR) is 118 cm³/mol. The SMILES string of the molecule is COc1ccc(C(=O)NCC(=O)OCC(=O)COC(=O)CNC(=O)c2ccc(OC)cc2)cc1. The van der Waals surface area contributed by atoms with E-state index >= 15 is 0 Å². The highest BCUT2D eigenvalue weighted by atomic mass is 16.6. The Bertz CT molecular complexity index is 936. The summed E-state index contributed by atoms with van der Waals surface area (Å²) in [6.07, 6.45) is 0. The summed E-state index contributed by atoms with van der Waals surface area (Å²) < 4.78 is 19.5. The molecule has 180 valence electrons. The highest BCUT2D eigenvalue weighted by Gasteiger charge is 2.14. The lowest BCUT2D eigenvalue weighted by Gasteiger charge is -2.08. The number of hydrogen-bond donors (Lipinski definition) is 2. The van der Waals surface area contributed by atoms with E-state index in [2.05, 4.69) is 10.6 Å². The number of Topliss-reactive ketones (excluding diaryl/α,β-unsaturated/α-hetero) is 1. The van der Waals surface area contributed by atoms with Crippen LogP contribution in [0.1, 0.15) is 20.7 Å². The van der Waals surface area contributed by atoms with Gasteiger partial charge in [-0.05, 0) is 48.5 Å². The molecule has 0 aliphatic carbocycles. The number of benzene rings is 2. The van der Waals surface area contributed by atoms with E-state index in [0.29, 0.717) is 22.6 Å². The van der Waals surface area contributed by atoms with Crippen LogP contribution in [0.2, 0.25) is 0 Å². The summed E-state index contributed by atoms with van der Waals surface area (Å²) in [6, 6.07) is 12.5. The zero-order chi connectivity index (χ0) is 24.9. The van der Waals surface area contributed by atoms with Crippen LogP contribution in [-0.4, -0.2) is 70.1 Å². The molecule has 2 rings (SSSR count). The molecule has 0 aliphatic heterocycles. The predicted octanol–water partition coefficient (Wildman–Crippen LogP) is 0.519. The summed E-state index contributed by atoms with van der Waals surface area (Å²) in [5.74, 6) is -2.20. The van der Waals surface area contributed by atoms with Crippen molar-refractivity contribution in [2.24, 2.45) is 0 Å². The van der Waals surface area contributed by atoms with Crippen LogP contribution >= 0.6 is 0 Å². The maximum Gasteiger partial charge on any atom is 0.325 e. The highest BCUT2D eigenvalue weighted by Crippen LogP contribution is 2.11. The summed E-state index contributed by atoms with van der Waals surface area (Å²) in [6.45, 7) is -2.17. The summed E-state index contributed by atoms with van der Waals surface area (Å²) in [5.41, 5.74) is 0.631. The van der Waals surface area contributed by atoms with Crippen molar-refractivity contribution < 1.29 is 42.9 Å². The molecule has 0 fully saturated rings. The summed E-state index contributed by atoms with van der Waals surface area (Å²) in [7, 11) is 2.99. The van der Waals surface area contributed by atoms with Crippen molar-refractivity contribution in [1.29, 1.82) is 0 Å². The van der Waals surface area contributed by atoms with Crippen molar-refractivity contribution in [2.45, 2.75) is 0 Å². The zero-order valence-corrected chi connectivity index (χ0v) is 18.6. The minimum absolute atomic E-state index is 0.315. The lowest BCUT2D eigenvalue weighted by Crippen LogP contribution is -2.33. The van der Waals surface area contributed by atoms with E-state index in [0.717, 1.165) is 0 Å². The normalized spacial score (nSPS) is 9.94. The van der Waals surface area contributed by atoms with Gasteiger partial charge in [0.15, 0.2) is 13.2 Å². The molecule has 34 heavy (non-hydrogen) atoms. The Labute approximate surface area is 195 Å². The third-order valence-corrected chi connectivity index (χ3v) is 4.28. The number of rotatable bonds is 12. The quantitative estimate of drug-likeness (QED) is 0.422. The smallest absolute Gasteiger partial charge is 0.325 e. The summed E-state index contributed by atoms with van der Waals surface area (Å²) >= 11 is 0. The van der Waals surface area contributed by atoms with Crippen LogP contribution in [0.25, 0.3) is 0 Å². The molecule has 0 saturated heterocycles. The van der Waals surface area contributed by atoms with Gasteiger partial charge in [0, 0.05) is 11.1 Å². The first-order valence-electron chi connectivity index (χ1n) is 10.00. The molecule has 0 bridgehead atoms. The van der Waals surface area contributed by atoms with Crippen LogP contribution in [-0.2, 0) is 23.9 Å². The molecular weight excluding hydrogens is 448 g/mol. The van der Waals surface area contributed by atoms with Gasteiger partial charge in [-0.2, -0.15) is 0 Å². The molecule has 0 aromatic heterocycles.